The second kappa shape index (κ2) is 9.79. The maximum absolute atomic E-state index is 13.4. The van der Waals surface area contributed by atoms with Crippen molar-refractivity contribution in [3.05, 3.63) is 82.1 Å². The van der Waals surface area contributed by atoms with Crippen molar-refractivity contribution < 1.29 is 35.5 Å². The third-order valence-corrected chi connectivity index (χ3v) is 7.62. The number of nitrogens with one attached hydrogen (secondary N) is 1. The number of sulfonamides is 1. The van der Waals surface area contributed by atoms with Crippen LogP contribution >= 0.6 is 23.2 Å². The SMILES string of the molecule is O=C(Nc1ccc2c(c1)N(S(=O)(=O)c1ccc(F)cc1)CC(CC(F)(F)F)O2)c1c(Cl)cccc1Cl. The van der Waals surface area contributed by atoms with Crippen LogP contribution in [0.25, 0.3) is 0 Å². The van der Waals surface area contributed by atoms with Crippen LogP contribution in [0.4, 0.5) is 28.9 Å². The maximum Gasteiger partial charge on any atom is 0.392 e. The van der Waals surface area contributed by atoms with Crippen LogP contribution in [0, 0.1) is 5.82 Å². The fourth-order valence-electron chi connectivity index (χ4n) is 3.62. The van der Waals surface area contributed by atoms with Crippen molar-refractivity contribution in [3.8, 4) is 5.75 Å². The minimum Gasteiger partial charge on any atom is -0.486 e. The quantitative estimate of drug-likeness (QED) is 0.370. The summed E-state index contributed by atoms with van der Waals surface area (Å²) in [6, 6.07) is 12.1. The summed E-state index contributed by atoms with van der Waals surface area (Å²) in [5.74, 6) is -1.52. The molecule has 6 nitrogen and oxygen atoms in total. The first-order chi connectivity index (χ1) is 16.8. The third-order valence-electron chi connectivity index (χ3n) is 5.20. The van der Waals surface area contributed by atoms with Crippen molar-refractivity contribution in [2.75, 3.05) is 16.2 Å². The summed E-state index contributed by atoms with van der Waals surface area (Å²) in [5, 5.41) is 2.70. The fourth-order valence-corrected chi connectivity index (χ4v) is 5.69. The molecule has 190 valence electrons. The maximum atomic E-state index is 13.4. The molecule has 1 heterocycles. The summed E-state index contributed by atoms with van der Waals surface area (Å²) in [6.07, 6.45) is -7.55. The Balaban J connectivity index is 1.73. The molecule has 1 atom stereocenters. The Morgan fingerprint density at radius 3 is 2.31 bits per heavy atom. The molecule has 1 amide bonds. The molecule has 13 heteroatoms. The lowest BCUT2D eigenvalue weighted by Gasteiger charge is -2.36. The van der Waals surface area contributed by atoms with Gasteiger partial charge in [-0.2, -0.15) is 13.2 Å². The Morgan fingerprint density at radius 2 is 1.69 bits per heavy atom. The van der Waals surface area contributed by atoms with Gasteiger partial charge in [-0.3, -0.25) is 9.10 Å². The highest BCUT2D eigenvalue weighted by atomic mass is 35.5. The topological polar surface area (TPSA) is 75.7 Å². The Kier molecular flexibility index (Phi) is 7.09. The van der Waals surface area contributed by atoms with Crippen LogP contribution in [0.15, 0.2) is 65.6 Å². The summed E-state index contributed by atoms with van der Waals surface area (Å²) in [5.41, 5.74) is -0.0245. The summed E-state index contributed by atoms with van der Waals surface area (Å²) in [4.78, 5) is 12.4. The van der Waals surface area contributed by atoms with Crippen molar-refractivity contribution in [1.29, 1.82) is 0 Å². The summed E-state index contributed by atoms with van der Waals surface area (Å²) in [7, 11) is -4.43. The zero-order chi connectivity index (χ0) is 26.3. The number of hydrogen-bond donors (Lipinski definition) is 1. The van der Waals surface area contributed by atoms with E-state index in [4.69, 9.17) is 27.9 Å². The van der Waals surface area contributed by atoms with Gasteiger partial charge < -0.3 is 10.1 Å². The lowest BCUT2D eigenvalue weighted by molar-refractivity contribution is -0.150. The highest BCUT2D eigenvalue weighted by Crippen LogP contribution is 2.41. The number of ether oxygens (including phenoxy) is 1. The molecule has 0 aromatic heterocycles. The van der Waals surface area contributed by atoms with E-state index in [1.54, 1.807) is 6.07 Å². The Labute approximate surface area is 213 Å². The number of benzene rings is 3. The number of halogens is 6. The molecule has 0 saturated carbocycles. The van der Waals surface area contributed by atoms with E-state index in [0.29, 0.717) is 0 Å². The molecule has 36 heavy (non-hydrogen) atoms. The molecule has 3 aromatic rings. The zero-order valence-corrected chi connectivity index (χ0v) is 20.3. The zero-order valence-electron chi connectivity index (χ0n) is 18.0. The van der Waals surface area contributed by atoms with Crippen molar-refractivity contribution in [1.82, 2.24) is 0 Å². The van der Waals surface area contributed by atoms with Gasteiger partial charge >= 0.3 is 6.18 Å². The predicted molar refractivity (Wildman–Crippen MR) is 127 cm³/mol. The molecule has 1 aliphatic heterocycles. The molecule has 0 radical (unpaired) electrons. The standard InChI is InChI=1S/C23H16Cl2F4N2O4S/c24-17-2-1-3-18(25)21(17)22(32)30-14-6-9-20-19(10-14)31(12-15(35-20)11-23(27,28)29)36(33,34)16-7-4-13(26)5-8-16/h1-10,15H,11-12H2,(H,30,32). The molecule has 0 bridgehead atoms. The number of anilines is 2. The number of rotatable bonds is 5. The second-order valence-corrected chi connectivity index (χ2v) is 10.5. The molecule has 4 rings (SSSR count). The van der Waals surface area contributed by atoms with Gasteiger partial charge in [-0.25, -0.2) is 12.8 Å². The van der Waals surface area contributed by atoms with Gasteiger partial charge in [0.1, 0.15) is 17.7 Å². The molecular formula is C23H16Cl2F4N2O4S. The van der Waals surface area contributed by atoms with Crippen LogP contribution in [0.1, 0.15) is 16.8 Å². The van der Waals surface area contributed by atoms with Crippen molar-refractivity contribution in [2.45, 2.75) is 23.6 Å². The lowest BCUT2D eigenvalue weighted by atomic mass is 10.1. The minimum absolute atomic E-state index is 0.0177. The van der Waals surface area contributed by atoms with Crippen LogP contribution in [-0.4, -0.2) is 33.1 Å². The minimum atomic E-state index is -4.62. The van der Waals surface area contributed by atoms with E-state index in [1.165, 1.54) is 30.3 Å². The third kappa shape index (κ3) is 5.53. The van der Waals surface area contributed by atoms with Gasteiger partial charge in [-0.15, -0.1) is 0 Å². The highest BCUT2D eigenvalue weighted by molar-refractivity contribution is 7.92. The van der Waals surface area contributed by atoms with Crippen LogP contribution < -0.4 is 14.4 Å². The van der Waals surface area contributed by atoms with E-state index in [1.807, 2.05) is 0 Å². The number of hydrogen-bond acceptors (Lipinski definition) is 4. The van der Waals surface area contributed by atoms with E-state index < -0.39 is 47.0 Å². The van der Waals surface area contributed by atoms with Gasteiger partial charge in [0.25, 0.3) is 15.9 Å². The first-order valence-corrected chi connectivity index (χ1v) is 12.5. The van der Waals surface area contributed by atoms with Gasteiger partial charge in [0.05, 0.1) is 39.2 Å². The van der Waals surface area contributed by atoms with E-state index in [-0.39, 0.29) is 37.6 Å². The van der Waals surface area contributed by atoms with Crippen LogP contribution in [0.5, 0.6) is 5.75 Å². The number of amides is 1. The highest BCUT2D eigenvalue weighted by Gasteiger charge is 2.40. The fraction of sp³-hybridized carbons (Fsp3) is 0.174. The van der Waals surface area contributed by atoms with E-state index in [2.05, 4.69) is 5.32 Å². The van der Waals surface area contributed by atoms with E-state index >= 15 is 0 Å². The normalized spacial score (nSPS) is 15.7. The molecule has 0 fully saturated rings. The molecule has 3 aromatic carbocycles. The van der Waals surface area contributed by atoms with Crippen molar-refractivity contribution in [3.63, 3.8) is 0 Å². The van der Waals surface area contributed by atoms with Gasteiger partial charge in [-0.05, 0) is 54.6 Å². The molecular weight excluding hydrogens is 547 g/mol. The van der Waals surface area contributed by atoms with Crippen LogP contribution in [0.2, 0.25) is 10.0 Å². The first-order valence-electron chi connectivity index (χ1n) is 10.3. The molecule has 0 aliphatic carbocycles. The number of carbonyl (C=O) groups excluding carboxylic acids is 1. The average Bonchev–Trinajstić information content (AvgIpc) is 2.78. The van der Waals surface area contributed by atoms with Crippen molar-refractivity contribution in [2.24, 2.45) is 0 Å². The van der Waals surface area contributed by atoms with E-state index in [0.717, 1.165) is 28.6 Å². The van der Waals surface area contributed by atoms with Gasteiger partial charge in [-0.1, -0.05) is 29.3 Å². The predicted octanol–water partition coefficient (Wildman–Crippen LogP) is 6.29. The van der Waals surface area contributed by atoms with Gasteiger partial charge in [0, 0.05) is 5.69 Å². The van der Waals surface area contributed by atoms with Crippen LogP contribution in [0.3, 0.4) is 0 Å². The Bertz CT molecular complexity index is 1400. The lowest BCUT2D eigenvalue weighted by Crippen LogP contribution is -2.45. The molecule has 1 unspecified atom stereocenters. The summed E-state index contributed by atoms with van der Waals surface area (Å²) in [6.45, 7) is -0.667. The summed E-state index contributed by atoms with van der Waals surface area (Å²) < 4.78 is 85.5. The monoisotopic (exact) mass is 562 g/mol. The molecule has 1 aliphatic rings. The number of alkyl halides is 3. The van der Waals surface area contributed by atoms with Crippen LogP contribution in [-0.2, 0) is 10.0 Å². The Hall–Kier alpha value is -3.02. The number of fused-ring (bicyclic) bond motifs is 1. The molecule has 0 spiro atoms. The molecule has 1 N–H and O–H groups in total. The number of carbonyl (C=O) groups is 1. The summed E-state index contributed by atoms with van der Waals surface area (Å²) >= 11 is 12.1. The average molecular weight is 563 g/mol. The van der Waals surface area contributed by atoms with Gasteiger partial charge in [0.2, 0.25) is 0 Å². The largest absolute Gasteiger partial charge is 0.486 e. The smallest absolute Gasteiger partial charge is 0.392 e. The molecule has 0 saturated heterocycles. The second-order valence-electron chi connectivity index (χ2n) is 7.78. The first kappa shape index (κ1) is 26.1. The van der Waals surface area contributed by atoms with E-state index in [9.17, 15) is 30.8 Å². The van der Waals surface area contributed by atoms with Gasteiger partial charge in [0.15, 0.2) is 0 Å². The van der Waals surface area contributed by atoms with Crippen molar-refractivity contribution >= 4 is 50.5 Å². The number of nitrogens with zero attached hydrogens (tertiary/aromatic N) is 1. The Morgan fingerprint density at radius 1 is 1.06 bits per heavy atom.